The van der Waals surface area contributed by atoms with E-state index >= 15 is 0 Å². The van der Waals surface area contributed by atoms with E-state index in [1.807, 2.05) is 36.6 Å². The van der Waals surface area contributed by atoms with Crippen LogP contribution in [0.3, 0.4) is 0 Å². The number of likely N-dealkylation sites (N-methyl/N-ethyl adjacent to an activating group) is 1. The number of hydrogen-bond donors (Lipinski definition) is 1. The van der Waals surface area contributed by atoms with Gasteiger partial charge in [-0.1, -0.05) is 29.5 Å². The lowest BCUT2D eigenvalue weighted by atomic mass is 10.2. The summed E-state index contributed by atoms with van der Waals surface area (Å²) in [5.41, 5.74) is 1.67. The van der Waals surface area contributed by atoms with Crippen molar-refractivity contribution in [3.8, 4) is 0 Å². The van der Waals surface area contributed by atoms with Gasteiger partial charge in [-0.25, -0.2) is 9.78 Å². The molecule has 0 radical (unpaired) electrons. The molecular formula is C23H19N3O4S2. The van der Waals surface area contributed by atoms with E-state index in [1.54, 1.807) is 36.4 Å². The number of carbonyl (C=O) groups is 3. The van der Waals surface area contributed by atoms with E-state index < -0.39 is 5.97 Å². The number of nitrogens with one attached hydrogen (secondary N) is 1. The SMILES string of the molecule is CCN(C(=O)COC(=O)c1ccc(NC(=O)c2cccs2)cc1)c1nc2ccccc2s1. The van der Waals surface area contributed by atoms with E-state index in [2.05, 4.69) is 10.3 Å². The number of rotatable bonds is 7. The number of para-hydroxylation sites is 1. The molecule has 0 saturated carbocycles. The summed E-state index contributed by atoms with van der Waals surface area (Å²) in [7, 11) is 0. The summed E-state index contributed by atoms with van der Waals surface area (Å²) in [6.45, 7) is 1.86. The van der Waals surface area contributed by atoms with Crippen molar-refractivity contribution >= 4 is 61.5 Å². The van der Waals surface area contributed by atoms with Gasteiger partial charge >= 0.3 is 5.97 Å². The van der Waals surface area contributed by atoms with Crippen LogP contribution in [0.1, 0.15) is 27.0 Å². The molecule has 2 aromatic carbocycles. The van der Waals surface area contributed by atoms with Gasteiger partial charge in [0.05, 0.1) is 20.7 Å². The first-order valence-corrected chi connectivity index (χ1v) is 11.5. The zero-order chi connectivity index (χ0) is 22.5. The molecule has 4 rings (SSSR count). The van der Waals surface area contributed by atoms with Crippen LogP contribution in [0, 0.1) is 0 Å². The maximum atomic E-state index is 12.6. The van der Waals surface area contributed by atoms with Crippen LogP contribution in [0.4, 0.5) is 10.8 Å². The second kappa shape index (κ2) is 9.71. The van der Waals surface area contributed by atoms with E-state index in [-0.39, 0.29) is 24.0 Å². The summed E-state index contributed by atoms with van der Waals surface area (Å²) in [5.74, 6) is -1.18. The molecule has 32 heavy (non-hydrogen) atoms. The number of ether oxygens (including phenoxy) is 1. The third-order valence-electron chi connectivity index (χ3n) is 4.58. The van der Waals surface area contributed by atoms with Gasteiger partial charge in [0.1, 0.15) is 0 Å². The maximum absolute atomic E-state index is 12.6. The van der Waals surface area contributed by atoms with Crippen LogP contribution in [-0.2, 0) is 9.53 Å². The highest BCUT2D eigenvalue weighted by Crippen LogP contribution is 2.28. The van der Waals surface area contributed by atoms with E-state index in [0.29, 0.717) is 22.2 Å². The Labute approximate surface area is 192 Å². The summed E-state index contributed by atoms with van der Waals surface area (Å²) >= 11 is 2.76. The standard InChI is InChI=1S/C23H19N3O4S2/c1-2-26(23-25-17-6-3-4-7-18(17)32-23)20(27)14-30-22(29)15-9-11-16(12-10-15)24-21(28)19-8-5-13-31-19/h3-13H,2,14H2,1H3,(H,24,28). The number of thiophene rings is 1. The molecule has 0 aliphatic heterocycles. The van der Waals surface area contributed by atoms with Gasteiger partial charge in [-0.2, -0.15) is 0 Å². The molecule has 2 aromatic heterocycles. The maximum Gasteiger partial charge on any atom is 0.338 e. The Balaban J connectivity index is 1.35. The highest BCUT2D eigenvalue weighted by Gasteiger charge is 2.20. The fourth-order valence-corrected chi connectivity index (χ4v) is 4.64. The van der Waals surface area contributed by atoms with Gasteiger partial charge in [0.25, 0.3) is 11.8 Å². The number of fused-ring (bicyclic) bond motifs is 1. The zero-order valence-corrected chi connectivity index (χ0v) is 18.7. The summed E-state index contributed by atoms with van der Waals surface area (Å²) in [6, 6.07) is 17.5. The number of anilines is 2. The van der Waals surface area contributed by atoms with Crippen LogP contribution >= 0.6 is 22.7 Å². The molecule has 0 atom stereocenters. The molecule has 0 aliphatic rings. The quantitative estimate of drug-likeness (QED) is 0.395. The molecule has 7 nitrogen and oxygen atoms in total. The number of benzene rings is 2. The van der Waals surface area contributed by atoms with Gasteiger partial charge in [-0.05, 0) is 54.8 Å². The second-order valence-corrected chi connectivity index (χ2v) is 8.64. The Morgan fingerprint density at radius 2 is 1.81 bits per heavy atom. The first-order valence-electron chi connectivity index (χ1n) is 9.83. The first-order chi connectivity index (χ1) is 15.5. The molecule has 1 N–H and O–H groups in total. The van der Waals surface area contributed by atoms with E-state index in [0.717, 1.165) is 10.2 Å². The second-order valence-electron chi connectivity index (χ2n) is 6.69. The van der Waals surface area contributed by atoms with E-state index in [9.17, 15) is 14.4 Å². The number of amides is 2. The lowest BCUT2D eigenvalue weighted by Crippen LogP contribution is -2.34. The highest BCUT2D eigenvalue weighted by atomic mass is 32.1. The Morgan fingerprint density at radius 3 is 2.50 bits per heavy atom. The molecule has 9 heteroatoms. The smallest absolute Gasteiger partial charge is 0.338 e. The van der Waals surface area contributed by atoms with Crippen molar-refractivity contribution < 1.29 is 19.1 Å². The number of nitrogens with zero attached hydrogens (tertiary/aromatic N) is 2. The normalized spacial score (nSPS) is 10.7. The largest absolute Gasteiger partial charge is 0.452 e. The van der Waals surface area contributed by atoms with Crippen molar-refractivity contribution in [3.05, 3.63) is 76.5 Å². The lowest BCUT2D eigenvalue weighted by Gasteiger charge is -2.17. The number of esters is 1. The minimum Gasteiger partial charge on any atom is -0.452 e. The van der Waals surface area contributed by atoms with Crippen molar-refractivity contribution in [2.45, 2.75) is 6.92 Å². The monoisotopic (exact) mass is 465 g/mol. The number of carbonyl (C=O) groups excluding carboxylic acids is 3. The number of hydrogen-bond acceptors (Lipinski definition) is 7. The Bertz CT molecular complexity index is 1220. The first kappa shape index (κ1) is 21.7. The number of aromatic nitrogens is 1. The summed E-state index contributed by atoms with van der Waals surface area (Å²) in [5, 5.41) is 5.16. The molecule has 2 heterocycles. The molecule has 0 unspecified atom stereocenters. The third-order valence-corrected chi connectivity index (χ3v) is 6.51. The molecule has 162 valence electrons. The van der Waals surface area contributed by atoms with E-state index in [4.69, 9.17) is 4.74 Å². The van der Waals surface area contributed by atoms with Crippen LogP contribution < -0.4 is 10.2 Å². The van der Waals surface area contributed by atoms with Crippen molar-refractivity contribution in [2.24, 2.45) is 0 Å². The number of thiazole rings is 1. The Hall–Kier alpha value is -3.56. The van der Waals surface area contributed by atoms with Crippen molar-refractivity contribution in [1.82, 2.24) is 4.98 Å². The van der Waals surface area contributed by atoms with Crippen LogP contribution in [-0.4, -0.2) is 35.9 Å². The van der Waals surface area contributed by atoms with Gasteiger partial charge in [0.2, 0.25) is 0 Å². The van der Waals surface area contributed by atoms with Crippen LogP contribution in [0.25, 0.3) is 10.2 Å². The molecule has 0 spiro atoms. The summed E-state index contributed by atoms with van der Waals surface area (Å²) in [4.78, 5) is 43.7. The van der Waals surface area contributed by atoms with Crippen molar-refractivity contribution in [2.75, 3.05) is 23.4 Å². The molecule has 0 aliphatic carbocycles. The summed E-state index contributed by atoms with van der Waals surface area (Å²) < 4.78 is 6.19. The van der Waals surface area contributed by atoms with Gasteiger partial charge < -0.3 is 10.1 Å². The van der Waals surface area contributed by atoms with Gasteiger partial charge in [-0.15, -0.1) is 11.3 Å². The van der Waals surface area contributed by atoms with Crippen molar-refractivity contribution in [3.63, 3.8) is 0 Å². The van der Waals surface area contributed by atoms with Crippen molar-refractivity contribution in [1.29, 1.82) is 0 Å². The van der Waals surface area contributed by atoms with Crippen LogP contribution in [0.15, 0.2) is 66.0 Å². The average molecular weight is 466 g/mol. The fourth-order valence-electron chi connectivity index (χ4n) is 2.97. The molecule has 0 saturated heterocycles. The lowest BCUT2D eigenvalue weighted by molar-refractivity contribution is -0.121. The minimum atomic E-state index is -0.616. The highest BCUT2D eigenvalue weighted by molar-refractivity contribution is 7.22. The molecular weight excluding hydrogens is 446 g/mol. The topological polar surface area (TPSA) is 88.6 Å². The zero-order valence-electron chi connectivity index (χ0n) is 17.1. The van der Waals surface area contributed by atoms with Gasteiger partial charge in [-0.3, -0.25) is 14.5 Å². The predicted octanol–water partition coefficient (Wildman–Crippen LogP) is 4.82. The summed E-state index contributed by atoms with van der Waals surface area (Å²) in [6.07, 6.45) is 0. The molecule has 4 aromatic rings. The molecule has 0 bridgehead atoms. The molecule has 0 fully saturated rings. The predicted molar refractivity (Wildman–Crippen MR) is 127 cm³/mol. The van der Waals surface area contributed by atoms with Gasteiger partial charge in [0, 0.05) is 12.2 Å². The Kier molecular flexibility index (Phi) is 6.58. The fraction of sp³-hybridized carbons (Fsp3) is 0.130. The van der Waals surface area contributed by atoms with Gasteiger partial charge in [0.15, 0.2) is 11.7 Å². The molecule has 2 amide bonds. The average Bonchev–Trinajstić information content (AvgIpc) is 3.48. The van der Waals surface area contributed by atoms with Crippen LogP contribution in [0.2, 0.25) is 0 Å². The minimum absolute atomic E-state index is 0.213. The third kappa shape index (κ3) is 4.84. The Morgan fingerprint density at radius 1 is 1.03 bits per heavy atom. The van der Waals surface area contributed by atoms with Crippen LogP contribution in [0.5, 0.6) is 0 Å². The van der Waals surface area contributed by atoms with E-state index in [1.165, 1.54) is 27.6 Å².